The van der Waals surface area contributed by atoms with Crippen LogP contribution in [0.5, 0.6) is 11.5 Å². The lowest BCUT2D eigenvalue weighted by Crippen LogP contribution is -2.28. The molecule has 4 heterocycles. The number of aliphatic imine (C=N–C) groups is 1. The number of nitrogens with zero attached hydrogens (tertiary/aromatic N) is 5. The third-order valence-corrected chi connectivity index (χ3v) is 6.37. The van der Waals surface area contributed by atoms with Gasteiger partial charge in [-0.3, -0.25) is 0 Å². The SMILES string of the molecule is Cc1cc(Nc2ncnc3ccc(CC4=NC(C)(CO)CO4)cc23)ccc1Oc1ccn2ccnc2c1. The van der Waals surface area contributed by atoms with E-state index < -0.39 is 5.54 Å². The van der Waals surface area contributed by atoms with Crippen molar-refractivity contribution in [2.45, 2.75) is 25.8 Å². The number of benzene rings is 2. The smallest absolute Gasteiger partial charge is 0.188 e. The van der Waals surface area contributed by atoms with Crippen molar-refractivity contribution in [2.24, 2.45) is 4.99 Å². The minimum absolute atomic E-state index is 0.0426. The van der Waals surface area contributed by atoms with E-state index >= 15 is 0 Å². The summed E-state index contributed by atoms with van der Waals surface area (Å²) in [6.07, 6.45) is 7.67. The summed E-state index contributed by atoms with van der Waals surface area (Å²) in [4.78, 5) is 17.8. The molecule has 1 aliphatic rings. The number of aliphatic hydroxyl groups is 1. The van der Waals surface area contributed by atoms with Gasteiger partial charge in [0, 0.05) is 42.2 Å². The monoisotopic (exact) mass is 494 g/mol. The number of anilines is 2. The van der Waals surface area contributed by atoms with E-state index in [-0.39, 0.29) is 6.61 Å². The van der Waals surface area contributed by atoms with Gasteiger partial charge < -0.3 is 24.3 Å². The molecule has 186 valence electrons. The van der Waals surface area contributed by atoms with E-state index in [9.17, 15) is 5.11 Å². The van der Waals surface area contributed by atoms with Crippen LogP contribution in [0.3, 0.4) is 0 Å². The van der Waals surface area contributed by atoms with Gasteiger partial charge in [-0.1, -0.05) is 6.07 Å². The second-order valence-electron chi connectivity index (χ2n) is 9.46. The van der Waals surface area contributed by atoms with Crippen molar-refractivity contribution in [3.63, 3.8) is 0 Å². The van der Waals surface area contributed by atoms with Gasteiger partial charge in [0.2, 0.25) is 0 Å². The third-order valence-electron chi connectivity index (χ3n) is 6.37. The number of fused-ring (bicyclic) bond motifs is 2. The van der Waals surface area contributed by atoms with Crippen LogP contribution < -0.4 is 10.1 Å². The molecule has 37 heavy (non-hydrogen) atoms. The van der Waals surface area contributed by atoms with Gasteiger partial charge >= 0.3 is 0 Å². The number of hydrogen-bond acceptors (Lipinski definition) is 8. The quantitative estimate of drug-likeness (QED) is 0.333. The maximum absolute atomic E-state index is 9.54. The average Bonchev–Trinajstić information content (AvgIpc) is 3.52. The van der Waals surface area contributed by atoms with Crippen molar-refractivity contribution in [1.29, 1.82) is 0 Å². The first-order valence-electron chi connectivity index (χ1n) is 12.0. The van der Waals surface area contributed by atoms with E-state index in [1.165, 1.54) is 0 Å². The van der Waals surface area contributed by atoms with Crippen LogP contribution in [0, 0.1) is 6.92 Å². The molecule has 1 unspecified atom stereocenters. The van der Waals surface area contributed by atoms with Crippen LogP contribution in [-0.4, -0.2) is 49.1 Å². The maximum Gasteiger partial charge on any atom is 0.188 e. The van der Waals surface area contributed by atoms with Crippen molar-refractivity contribution in [3.8, 4) is 11.5 Å². The number of rotatable bonds is 7. The van der Waals surface area contributed by atoms with E-state index in [0.717, 1.165) is 44.9 Å². The third kappa shape index (κ3) is 4.68. The van der Waals surface area contributed by atoms with Crippen LogP contribution in [0.4, 0.5) is 11.5 Å². The molecule has 0 aliphatic carbocycles. The molecule has 0 amide bonds. The molecule has 0 radical (unpaired) electrons. The topological polar surface area (TPSA) is 106 Å². The minimum atomic E-state index is -0.568. The van der Waals surface area contributed by atoms with Crippen LogP contribution in [0.1, 0.15) is 18.1 Å². The second kappa shape index (κ2) is 9.18. The average molecular weight is 495 g/mol. The molecular weight excluding hydrogens is 468 g/mol. The Kier molecular flexibility index (Phi) is 5.69. The summed E-state index contributed by atoms with van der Waals surface area (Å²) in [7, 11) is 0. The maximum atomic E-state index is 9.54. The summed E-state index contributed by atoms with van der Waals surface area (Å²) in [6.45, 7) is 4.23. The number of pyridine rings is 1. The van der Waals surface area contributed by atoms with Crippen LogP contribution in [0.2, 0.25) is 0 Å². The number of ether oxygens (including phenoxy) is 2. The van der Waals surface area contributed by atoms with Gasteiger partial charge in [0.1, 0.15) is 41.4 Å². The van der Waals surface area contributed by atoms with Gasteiger partial charge in [0.05, 0.1) is 12.1 Å². The largest absolute Gasteiger partial charge is 0.478 e. The van der Waals surface area contributed by atoms with E-state index in [0.29, 0.717) is 24.7 Å². The van der Waals surface area contributed by atoms with E-state index in [4.69, 9.17) is 9.47 Å². The highest BCUT2D eigenvalue weighted by atomic mass is 16.5. The van der Waals surface area contributed by atoms with E-state index in [2.05, 4.69) is 25.3 Å². The lowest BCUT2D eigenvalue weighted by atomic mass is 10.1. The van der Waals surface area contributed by atoms with Crippen LogP contribution in [0.25, 0.3) is 16.6 Å². The van der Waals surface area contributed by atoms with E-state index in [1.807, 2.05) is 79.2 Å². The lowest BCUT2D eigenvalue weighted by molar-refractivity contribution is 0.169. The Balaban J connectivity index is 1.23. The minimum Gasteiger partial charge on any atom is -0.478 e. The molecule has 1 aliphatic heterocycles. The summed E-state index contributed by atoms with van der Waals surface area (Å²) >= 11 is 0. The highest BCUT2D eigenvalue weighted by Crippen LogP contribution is 2.30. The van der Waals surface area contributed by atoms with Crippen LogP contribution >= 0.6 is 0 Å². The number of aliphatic hydroxyl groups excluding tert-OH is 1. The first kappa shape index (κ1) is 22.9. The van der Waals surface area contributed by atoms with Crippen molar-refractivity contribution in [2.75, 3.05) is 18.5 Å². The summed E-state index contributed by atoms with van der Waals surface area (Å²) in [5.41, 5.74) is 4.00. The molecule has 9 heteroatoms. The Morgan fingerprint density at radius 1 is 1.08 bits per heavy atom. The number of aryl methyl sites for hydroxylation is 1. The van der Waals surface area contributed by atoms with Crippen molar-refractivity contribution in [3.05, 3.63) is 84.6 Å². The van der Waals surface area contributed by atoms with Crippen molar-refractivity contribution in [1.82, 2.24) is 19.4 Å². The molecule has 0 saturated carbocycles. The van der Waals surface area contributed by atoms with Gasteiger partial charge in [-0.2, -0.15) is 0 Å². The Hall–Kier alpha value is -4.50. The molecule has 6 rings (SSSR count). The first-order chi connectivity index (χ1) is 18.0. The van der Waals surface area contributed by atoms with Crippen molar-refractivity contribution >= 4 is 34.0 Å². The Morgan fingerprint density at radius 3 is 2.84 bits per heavy atom. The van der Waals surface area contributed by atoms with Gasteiger partial charge in [-0.15, -0.1) is 0 Å². The predicted octanol–water partition coefficient (Wildman–Crippen LogP) is 4.84. The molecule has 0 saturated heterocycles. The zero-order valence-corrected chi connectivity index (χ0v) is 20.5. The van der Waals surface area contributed by atoms with Crippen LogP contribution in [-0.2, 0) is 11.2 Å². The fourth-order valence-corrected chi connectivity index (χ4v) is 4.32. The fraction of sp³-hybridized carbons (Fsp3) is 0.214. The summed E-state index contributed by atoms with van der Waals surface area (Å²) in [5, 5.41) is 13.9. The van der Waals surface area contributed by atoms with Crippen molar-refractivity contribution < 1.29 is 14.6 Å². The number of imidazole rings is 1. The fourth-order valence-electron chi connectivity index (χ4n) is 4.32. The highest BCUT2D eigenvalue weighted by molar-refractivity contribution is 5.92. The molecule has 9 nitrogen and oxygen atoms in total. The molecule has 0 spiro atoms. The van der Waals surface area contributed by atoms with Gasteiger partial charge in [-0.25, -0.2) is 19.9 Å². The Labute approximate surface area is 213 Å². The normalized spacial score (nSPS) is 17.1. The number of hydrogen-bond donors (Lipinski definition) is 2. The zero-order chi connectivity index (χ0) is 25.4. The second-order valence-corrected chi connectivity index (χ2v) is 9.46. The molecule has 1 atom stereocenters. The van der Waals surface area contributed by atoms with E-state index in [1.54, 1.807) is 12.5 Å². The summed E-state index contributed by atoms with van der Waals surface area (Å²) in [5.74, 6) is 2.83. The number of aromatic nitrogens is 4. The highest BCUT2D eigenvalue weighted by Gasteiger charge is 2.30. The molecule has 2 aromatic carbocycles. The molecule has 2 N–H and O–H groups in total. The summed E-state index contributed by atoms with van der Waals surface area (Å²) < 4.78 is 13.8. The van der Waals surface area contributed by atoms with Crippen LogP contribution in [0.15, 0.2) is 78.4 Å². The van der Waals surface area contributed by atoms with Gasteiger partial charge in [0.15, 0.2) is 5.90 Å². The molecule has 0 fully saturated rings. The standard InChI is InChI=1S/C28H26N6O3/c1-18-11-20(4-6-24(18)37-21-7-9-34-10-8-29-25(34)14-21)32-27-22-12-19(3-5-23(22)30-17-31-27)13-26-33-28(2,15-35)16-36-26/h3-12,14,17,35H,13,15-16H2,1-2H3,(H,30,31,32). The zero-order valence-electron chi connectivity index (χ0n) is 20.5. The molecule has 3 aromatic heterocycles. The molecule has 0 bridgehead atoms. The predicted molar refractivity (Wildman–Crippen MR) is 142 cm³/mol. The summed E-state index contributed by atoms with van der Waals surface area (Å²) in [6, 6.07) is 15.8. The first-order valence-corrected chi connectivity index (χ1v) is 12.0. The number of nitrogens with one attached hydrogen (secondary N) is 1. The molecule has 5 aromatic rings. The van der Waals surface area contributed by atoms with Gasteiger partial charge in [0.25, 0.3) is 0 Å². The Morgan fingerprint density at radius 2 is 2.00 bits per heavy atom. The Bertz CT molecular complexity index is 1650. The molecular formula is C28H26N6O3. The lowest BCUT2D eigenvalue weighted by Gasteiger charge is -2.13. The van der Waals surface area contributed by atoms with Gasteiger partial charge in [-0.05, 0) is 61.4 Å².